The number of nitrogens with one attached hydrogen (secondary N) is 1. The van der Waals surface area contributed by atoms with E-state index in [4.69, 9.17) is 0 Å². The quantitative estimate of drug-likeness (QED) is 0.529. The summed E-state index contributed by atoms with van der Waals surface area (Å²) in [5, 5.41) is 3.03. The third-order valence-corrected chi connectivity index (χ3v) is 6.78. The Morgan fingerprint density at radius 1 is 0.946 bits per heavy atom. The van der Waals surface area contributed by atoms with Gasteiger partial charge in [-0.25, -0.2) is 0 Å². The standard InChI is InChI=1S/C30H37N5O2/c1-24(36)35-19-8-4-2-3-7-18-34(22-25-10-9-15-31-21-25)23-27-20-26(12-13-29(27)35)30(37)33-17-14-28-11-5-6-16-32-28/h5-6,9-13,15-16,20-21H,2-4,7-8,14,17-19,22-23H2,1H3,(H,33,37). The van der Waals surface area contributed by atoms with Gasteiger partial charge in [-0.15, -0.1) is 0 Å². The fourth-order valence-corrected chi connectivity index (χ4v) is 4.86. The molecule has 37 heavy (non-hydrogen) atoms. The van der Waals surface area contributed by atoms with Crippen LogP contribution in [0, 0.1) is 0 Å². The Morgan fingerprint density at radius 3 is 2.54 bits per heavy atom. The Balaban J connectivity index is 1.57. The highest BCUT2D eigenvalue weighted by Gasteiger charge is 2.20. The molecule has 0 saturated carbocycles. The molecule has 0 aliphatic carbocycles. The number of aromatic nitrogens is 2. The summed E-state index contributed by atoms with van der Waals surface area (Å²) in [5.74, 6) is -0.0808. The van der Waals surface area contributed by atoms with Crippen molar-refractivity contribution in [3.8, 4) is 0 Å². The van der Waals surface area contributed by atoms with E-state index in [1.807, 2.05) is 53.6 Å². The molecule has 0 radical (unpaired) electrons. The van der Waals surface area contributed by atoms with E-state index in [9.17, 15) is 9.59 Å². The van der Waals surface area contributed by atoms with Gasteiger partial charge in [-0.2, -0.15) is 0 Å². The number of carbonyl (C=O) groups excluding carboxylic acids is 2. The zero-order chi connectivity index (χ0) is 25.9. The van der Waals surface area contributed by atoms with Gasteiger partial charge >= 0.3 is 0 Å². The minimum absolute atomic E-state index is 0.0321. The Labute approximate surface area is 219 Å². The molecule has 1 N–H and O–H groups in total. The van der Waals surface area contributed by atoms with Crippen LogP contribution in [0.15, 0.2) is 67.1 Å². The number of hydrogen-bond donors (Lipinski definition) is 1. The number of pyridine rings is 2. The molecule has 7 heteroatoms. The topological polar surface area (TPSA) is 78.4 Å². The minimum Gasteiger partial charge on any atom is -0.352 e. The average molecular weight is 500 g/mol. The molecule has 3 heterocycles. The number of rotatable bonds is 6. The van der Waals surface area contributed by atoms with Crippen LogP contribution in [-0.4, -0.2) is 46.3 Å². The molecule has 7 nitrogen and oxygen atoms in total. The molecule has 0 saturated heterocycles. The van der Waals surface area contributed by atoms with E-state index >= 15 is 0 Å². The molecule has 1 aliphatic rings. The average Bonchev–Trinajstić information content (AvgIpc) is 2.90. The van der Waals surface area contributed by atoms with Gasteiger partial charge in [0.15, 0.2) is 0 Å². The summed E-state index contributed by atoms with van der Waals surface area (Å²) >= 11 is 0. The van der Waals surface area contributed by atoms with Crippen LogP contribution >= 0.6 is 0 Å². The fraction of sp³-hybridized carbons (Fsp3) is 0.400. The lowest BCUT2D eigenvalue weighted by atomic mass is 10.0. The number of carbonyl (C=O) groups is 2. The molecule has 2 aromatic heterocycles. The predicted octanol–water partition coefficient (Wildman–Crippen LogP) is 4.77. The Bertz CT molecular complexity index is 1150. The van der Waals surface area contributed by atoms with E-state index in [-0.39, 0.29) is 11.8 Å². The molecule has 1 aromatic carbocycles. The second-order valence-corrected chi connectivity index (χ2v) is 9.68. The van der Waals surface area contributed by atoms with Gasteiger partial charge in [0.2, 0.25) is 5.91 Å². The second kappa shape index (κ2) is 13.7. The maximum absolute atomic E-state index is 13.1. The third kappa shape index (κ3) is 7.95. The maximum Gasteiger partial charge on any atom is 0.251 e. The molecule has 3 aromatic rings. The smallest absolute Gasteiger partial charge is 0.251 e. The van der Waals surface area contributed by atoms with Crippen molar-refractivity contribution in [3.05, 3.63) is 89.5 Å². The van der Waals surface area contributed by atoms with Crippen molar-refractivity contribution in [1.29, 1.82) is 0 Å². The lowest BCUT2D eigenvalue weighted by Gasteiger charge is -2.29. The van der Waals surface area contributed by atoms with Crippen LogP contribution in [0.5, 0.6) is 0 Å². The first-order chi connectivity index (χ1) is 18.1. The number of benzene rings is 1. The number of amides is 2. The van der Waals surface area contributed by atoms with E-state index in [0.29, 0.717) is 31.6 Å². The van der Waals surface area contributed by atoms with Gasteiger partial charge in [0.1, 0.15) is 0 Å². The van der Waals surface area contributed by atoms with Gasteiger partial charge in [-0.1, -0.05) is 31.4 Å². The summed E-state index contributed by atoms with van der Waals surface area (Å²) in [6, 6.07) is 15.6. The van der Waals surface area contributed by atoms with Gasteiger partial charge in [0.25, 0.3) is 5.91 Å². The first-order valence-corrected chi connectivity index (χ1v) is 13.3. The highest BCUT2D eigenvalue weighted by Crippen LogP contribution is 2.26. The molecule has 0 unspecified atom stereocenters. The Morgan fingerprint density at radius 2 is 1.78 bits per heavy atom. The highest BCUT2D eigenvalue weighted by atomic mass is 16.2. The minimum atomic E-state index is -0.113. The van der Waals surface area contributed by atoms with Crippen molar-refractivity contribution >= 4 is 17.5 Å². The van der Waals surface area contributed by atoms with E-state index in [1.165, 1.54) is 12.8 Å². The molecule has 4 rings (SSSR count). The fourth-order valence-electron chi connectivity index (χ4n) is 4.86. The van der Waals surface area contributed by atoms with Crippen molar-refractivity contribution in [2.75, 3.05) is 24.5 Å². The zero-order valence-corrected chi connectivity index (χ0v) is 21.7. The molecule has 1 aliphatic heterocycles. The van der Waals surface area contributed by atoms with Crippen LogP contribution in [0.3, 0.4) is 0 Å². The number of hydrogen-bond acceptors (Lipinski definition) is 5. The van der Waals surface area contributed by atoms with E-state index in [2.05, 4.69) is 26.3 Å². The second-order valence-electron chi connectivity index (χ2n) is 9.68. The van der Waals surface area contributed by atoms with Gasteiger partial charge in [0.05, 0.1) is 0 Å². The predicted molar refractivity (Wildman–Crippen MR) is 146 cm³/mol. The van der Waals surface area contributed by atoms with Crippen molar-refractivity contribution in [2.24, 2.45) is 0 Å². The lowest BCUT2D eigenvalue weighted by Crippen LogP contribution is -2.33. The molecule has 0 bridgehead atoms. The first-order valence-electron chi connectivity index (χ1n) is 13.3. The van der Waals surface area contributed by atoms with Crippen LogP contribution in [0.2, 0.25) is 0 Å². The highest BCUT2D eigenvalue weighted by molar-refractivity contribution is 5.97. The molecule has 0 fully saturated rings. The summed E-state index contributed by atoms with van der Waals surface area (Å²) in [5.41, 5.74) is 4.61. The van der Waals surface area contributed by atoms with Crippen LogP contribution in [0.25, 0.3) is 0 Å². The van der Waals surface area contributed by atoms with Crippen molar-refractivity contribution < 1.29 is 9.59 Å². The first kappa shape index (κ1) is 26.5. The zero-order valence-electron chi connectivity index (χ0n) is 21.7. The number of fused-ring (bicyclic) bond motifs is 1. The van der Waals surface area contributed by atoms with Crippen LogP contribution in [0.1, 0.15) is 66.2 Å². The molecule has 0 spiro atoms. The maximum atomic E-state index is 13.1. The molecular formula is C30H37N5O2. The summed E-state index contributed by atoms with van der Waals surface area (Å²) in [6.45, 7) is 5.22. The third-order valence-electron chi connectivity index (χ3n) is 6.78. The lowest BCUT2D eigenvalue weighted by molar-refractivity contribution is -0.116. The van der Waals surface area contributed by atoms with Crippen molar-refractivity contribution in [1.82, 2.24) is 20.2 Å². The van der Waals surface area contributed by atoms with Crippen molar-refractivity contribution in [3.63, 3.8) is 0 Å². The van der Waals surface area contributed by atoms with Crippen molar-refractivity contribution in [2.45, 2.75) is 58.5 Å². The summed E-state index contributed by atoms with van der Waals surface area (Å²) < 4.78 is 0. The molecular weight excluding hydrogens is 462 g/mol. The van der Waals surface area contributed by atoms with Gasteiger partial charge < -0.3 is 10.2 Å². The van der Waals surface area contributed by atoms with Crippen LogP contribution in [0.4, 0.5) is 5.69 Å². The Kier molecular flexibility index (Phi) is 9.77. The van der Waals surface area contributed by atoms with E-state index in [0.717, 1.165) is 54.9 Å². The summed E-state index contributed by atoms with van der Waals surface area (Å²) in [7, 11) is 0. The summed E-state index contributed by atoms with van der Waals surface area (Å²) in [6.07, 6.45) is 11.7. The normalized spacial score (nSPS) is 15.2. The van der Waals surface area contributed by atoms with E-state index < -0.39 is 0 Å². The molecule has 194 valence electrons. The number of nitrogens with zero attached hydrogens (tertiary/aromatic N) is 4. The van der Waals surface area contributed by atoms with Gasteiger partial charge in [-0.05, 0) is 66.9 Å². The van der Waals surface area contributed by atoms with Crippen LogP contribution in [-0.2, 0) is 24.3 Å². The molecule has 0 atom stereocenters. The van der Waals surface area contributed by atoms with E-state index in [1.54, 1.807) is 19.3 Å². The molecule has 2 amide bonds. The van der Waals surface area contributed by atoms with Gasteiger partial charge in [-0.3, -0.25) is 24.5 Å². The SMILES string of the molecule is CC(=O)N1CCCCCCCN(Cc2cccnc2)Cc2cc(C(=O)NCCc3ccccn3)ccc21. The van der Waals surface area contributed by atoms with Gasteiger partial charge in [0, 0.05) is 75.1 Å². The summed E-state index contributed by atoms with van der Waals surface area (Å²) in [4.78, 5) is 38.6. The van der Waals surface area contributed by atoms with Crippen LogP contribution < -0.4 is 10.2 Å². The Hall–Kier alpha value is -3.58. The largest absolute Gasteiger partial charge is 0.352 e. The number of anilines is 1. The monoisotopic (exact) mass is 499 g/mol.